The predicted molar refractivity (Wildman–Crippen MR) is 166 cm³/mol. The van der Waals surface area contributed by atoms with Gasteiger partial charge in [-0.2, -0.15) is 0 Å². The first-order chi connectivity index (χ1) is 20.1. The normalized spacial score (nSPS) is 12.8. The lowest BCUT2D eigenvalue weighted by Crippen LogP contribution is -2.27. The van der Waals surface area contributed by atoms with Gasteiger partial charge in [0.25, 0.3) is 0 Å². The molecule has 0 radical (unpaired) electrons. The smallest absolute Gasteiger partial charge is 0.410 e. The van der Waals surface area contributed by atoms with Crippen LogP contribution in [0.15, 0.2) is 66.9 Å². The lowest BCUT2D eigenvalue weighted by molar-refractivity contribution is 0.200. The summed E-state index contributed by atoms with van der Waals surface area (Å²) in [6.07, 6.45) is 9.98. The molecule has 1 aliphatic carbocycles. The van der Waals surface area contributed by atoms with E-state index in [4.69, 9.17) is 21.3 Å². The molecule has 0 saturated carbocycles. The van der Waals surface area contributed by atoms with E-state index in [1.807, 2.05) is 36.4 Å². The Morgan fingerprint density at radius 1 is 0.951 bits per heavy atom. The van der Waals surface area contributed by atoms with Crippen molar-refractivity contribution in [2.24, 2.45) is 0 Å². The van der Waals surface area contributed by atoms with E-state index < -0.39 is 6.09 Å². The molecule has 1 aliphatic rings. The van der Waals surface area contributed by atoms with E-state index in [2.05, 4.69) is 32.7 Å². The molecular weight excluding hydrogens is 534 g/mol. The van der Waals surface area contributed by atoms with Gasteiger partial charge in [-0.15, -0.1) is 0 Å². The minimum atomic E-state index is -0.427. The molecule has 0 saturated heterocycles. The molecule has 1 amide bonds. The molecule has 7 nitrogen and oxygen atoms in total. The van der Waals surface area contributed by atoms with Crippen molar-refractivity contribution in [1.29, 1.82) is 0 Å². The maximum Gasteiger partial charge on any atom is 0.412 e. The van der Waals surface area contributed by atoms with Crippen molar-refractivity contribution < 1.29 is 9.53 Å². The number of aryl methyl sites for hydroxylation is 1. The summed E-state index contributed by atoms with van der Waals surface area (Å²) >= 11 is 6.24. The number of carbonyl (C=O) groups is 1. The number of fused-ring (bicyclic) bond motifs is 3. The second kappa shape index (κ2) is 12.6. The topological polar surface area (TPSA) is 91.9 Å². The van der Waals surface area contributed by atoms with Gasteiger partial charge in [-0.05, 0) is 110 Å². The summed E-state index contributed by atoms with van der Waals surface area (Å²) in [6, 6.07) is 19.5. The number of nitrogens with zero attached hydrogens (tertiary/aromatic N) is 2. The van der Waals surface area contributed by atoms with E-state index in [0.29, 0.717) is 12.3 Å². The molecule has 210 valence electrons. The van der Waals surface area contributed by atoms with Gasteiger partial charge in [-0.25, -0.2) is 9.78 Å². The molecule has 5 aromatic rings. The van der Waals surface area contributed by atoms with Gasteiger partial charge < -0.3 is 20.4 Å². The number of unbranched alkanes of at least 4 members (excludes halogenated alkanes) is 3. The number of amides is 1. The lowest BCUT2D eigenvalue weighted by Gasteiger charge is -2.22. The number of aromatic amines is 1. The van der Waals surface area contributed by atoms with Crippen LogP contribution in [0.25, 0.3) is 33.2 Å². The van der Waals surface area contributed by atoms with Crippen LogP contribution in [0.1, 0.15) is 49.8 Å². The van der Waals surface area contributed by atoms with Crippen LogP contribution in [0, 0.1) is 0 Å². The Hall–Kier alpha value is -4.10. The highest BCUT2D eigenvalue weighted by Crippen LogP contribution is 2.34. The first kappa shape index (κ1) is 27.1. The molecule has 0 atom stereocenters. The van der Waals surface area contributed by atoms with Crippen LogP contribution in [0.3, 0.4) is 0 Å². The average Bonchev–Trinajstić information content (AvgIpc) is 3.43. The van der Waals surface area contributed by atoms with E-state index >= 15 is 0 Å². The molecular formula is C33H34ClN5O2. The summed E-state index contributed by atoms with van der Waals surface area (Å²) in [7, 11) is 0. The largest absolute Gasteiger partial charge is 0.412 e. The fourth-order valence-corrected chi connectivity index (χ4v) is 5.73. The van der Waals surface area contributed by atoms with Crippen LogP contribution in [-0.2, 0) is 12.8 Å². The predicted octanol–water partition coefficient (Wildman–Crippen LogP) is 8.07. The zero-order valence-electron chi connectivity index (χ0n) is 23.0. The molecule has 8 heteroatoms. The van der Waals surface area contributed by atoms with Crippen molar-refractivity contribution in [1.82, 2.24) is 20.3 Å². The number of hydrogen-bond acceptors (Lipinski definition) is 5. The number of carbonyl (C=O) groups excluding carboxylic acids is 1. The second-order valence-corrected chi connectivity index (χ2v) is 11.0. The molecule has 2 aromatic carbocycles. The van der Waals surface area contributed by atoms with Gasteiger partial charge in [-0.3, -0.25) is 4.98 Å². The number of nitrogens with one attached hydrogen (secondary N) is 3. The second-order valence-electron chi connectivity index (χ2n) is 10.6. The quantitative estimate of drug-likeness (QED) is 0.148. The molecule has 0 aliphatic heterocycles. The molecule has 0 bridgehead atoms. The Balaban J connectivity index is 0.912. The fourth-order valence-electron chi connectivity index (χ4n) is 5.57. The van der Waals surface area contributed by atoms with Crippen LogP contribution in [0.4, 0.5) is 10.5 Å². The zero-order valence-corrected chi connectivity index (χ0v) is 23.8. The molecule has 6 rings (SSSR count). The SMILES string of the molecule is O=C(NCCCCCCNc1c2c(nc3cc(Cl)ccc13)CCCC2)Oc1ccc(-c2cc3cccnc3[nH]2)cc1. The van der Waals surface area contributed by atoms with E-state index in [9.17, 15) is 4.79 Å². The van der Waals surface area contributed by atoms with Crippen LogP contribution in [-0.4, -0.2) is 34.1 Å². The summed E-state index contributed by atoms with van der Waals surface area (Å²) in [4.78, 5) is 24.8. The minimum absolute atomic E-state index is 0.427. The molecule has 41 heavy (non-hydrogen) atoms. The van der Waals surface area contributed by atoms with E-state index in [1.165, 1.54) is 29.8 Å². The highest BCUT2D eigenvalue weighted by molar-refractivity contribution is 6.31. The monoisotopic (exact) mass is 567 g/mol. The van der Waals surface area contributed by atoms with Crippen LogP contribution in [0.5, 0.6) is 5.75 Å². The van der Waals surface area contributed by atoms with E-state index in [-0.39, 0.29) is 0 Å². The Labute approximate surface area is 244 Å². The maximum absolute atomic E-state index is 12.3. The molecule has 0 unspecified atom stereocenters. The first-order valence-corrected chi connectivity index (χ1v) is 14.9. The van der Waals surface area contributed by atoms with E-state index in [1.54, 1.807) is 18.3 Å². The van der Waals surface area contributed by atoms with Crippen molar-refractivity contribution in [2.75, 3.05) is 18.4 Å². The number of halogens is 1. The van der Waals surface area contributed by atoms with Gasteiger partial charge in [0.15, 0.2) is 0 Å². The zero-order chi connectivity index (χ0) is 28.0. The van der Waals surface area contributed by atoms with Gasteiger partial charge >= 0.3 is 6.09 Å². The maximum atomic E-state index is 12.3. The molecule has 3 heterocycles. The van der Waals surface area contributed by atoms with Gasteiger partial charge in [0.05, 0.1) is 5.52 Å². The number of benzene rings is 2. The van der Waals surface area contributed by atoms with Crippen molar-refractivity contribution in [2.45, 2.75) is 51.4 Å². The molecule has 0 fully saturated rings. The van der Waals surface area contributed by atoms with Gasteiger partial charge in [0.2, 0.25) is 0 Å². The van der Waals surface area contributed by atoms with Crippen LogP contribution >= 0.6 is 11.6 Å². The third kappa shape index (κ3) is 6.46. The fraction of sp³-hybridized carbons (Fsp3) is 0.303. The third-order valence-electron chi connectivity index (χ3n) is 7.67. The molecule has 3 aromatic heterocycles. The standard InChI is InChI=1S/C33H34ClN5O2/c34-24-13-16-27-30(21-24)38-28-10-4-3-9-26(28)31(27)35-17-5-1-2-6-18-37-33(40)41-25-14-11-22(12-15-25)29-20-23-8-7-19-36-32(23)39-29/h7-8,11-16,19-21H,1-6,9-10,17-18H2,(H,35,38)(H,36,39)(H,37,40). The number of aromatic nitrogens is 3. The Bertz CT molecular complexity index is 1630. The Morgan fingerprint density at radius 3 is 2.63 bits per heavy atom. The molecule has 0 spiro atoms. The number of anilines is 1. The summed E-state index contributed by atoms with van der Waals surface area (Å²) < 4.78 is 5.45. The van der Waals surface area contributed by atoms with Crippen molar-refractivity contribution in [3.05, 3.63) is 83.1 Å². The average molecular weight is 568 g/mol. The van der Waals surface area contributed by atoms with Crippen LogP contribution in [0.2, 0.25) is 5.02 Å². The number of rotatable bonds is 10. The number of ether oxygens (including phenoxy) is 1. The minimum Gasteiger partial charge on any atom is -0.410 e. The summed E-state index contributed by atoms with van der Waals surface area (Å²) in [5, 5.41) is 9.52. The highest BCUT2D eigenvalue weighted by atomic mass is 35.5. The van der Waals surface area contributed by atoms with Crippen molar-refractivity contribution in [3.63, 3.8) is 0 Å². The number of H-pyrrole nitrogens is 1. The van der Waals surface area contributed by atoms with Crippen LogP contribution < -0.4 is 15.4 Å². The van der Waals surface area contributed by atoms with E-state index in [0.717, 1.165) is 83.3 Å². The summed E-state index contributed by atoms with van der Waals surface area (Å²) in [6.45, 7) is 1.50. The number of hydrogen-bond donors (Lipinski definition) is 3. The Kier molecular flexibility index (Phi) is 8.33. The van der Waals surface area contributed by atoms with Gasteiger partial charge in [0.1, 0.15) is 11.4 Å². The Morgan fingerprint density at radius 2 is 1.78 bits per heavy atom. The molecule has 3 N–H and O–H groups in total. The highest BCUT2D eigenvalue weighted by Gasteiger charge is 2.18. The third-order valence-corrected chi connectivity index (χ3v) is 7.90. The first-order valence-electron chi connectivity index (χ1n) is 14.5. The summed E-state index contributed by atoms with van der Waals surface area (Å²) in [5.41, 5.74) is 7.63. The van der Waals surface area contributed by atoms with Crippen molar-refractivity contribution in [3.8, 4) is 17.0 Å². The lowest BCUT2D eigenvalue weighted by atomic mass is 9.92. The number of pyridine rings is 2. The van der Waals surface area contributed by atoms with Crippen molar-refractivity contribution >= 4 is 45.3 Å². The van der Waals surface area contributed by atoms with Gasteiger partial charge in [-0.1, -0.05) is 24.4 Å². The van der Waals surface area contributed by atoms with Gasteiger partial charge in [0, 0.05) is 52.2 Å². The summed E-state index contributed by atoms with van der Waals surface area (Å²) in [5.74, 6) is 0.514.